The summed E-state index contributed by atoms with van der Waals surface area (Å²) in [5.41, 5.74) is -2.68. The standard InChI is InChI=1S/C17H14F7N3/c1-3-12-9(2)15(16(19,20)21,17(22,23)24)10(8-25)14(26)27(12)13-7-5-4-6-11(13)18/h4-7H,3,26H2,1-2H3. The fourth-order valence-corrected chi connectivity index (χ4v) is 3.36. The Labute approximate surface area is 150 Å². The summed E-state index contributed by atoms with van der Waals surface area (Å²) < 4.78 is 96.9. The van der Waals surface area contributed by atoms with E-state index in [0.29, 0.717) is 6.92 Å². The molecule has 0 unspecified atom stereocenters. The Morgan fingerprint density at radius 2 is 1.63 bits per heavy atom. The third-order valence-corrected chi connectivity index (χ3v) is 4.53. The van der Waals surface area contributed by atoms with E-state index in [9.17, 15) is 36.0 Å². The van der Waals surface area contributed by atoms with E-state index < -0.39 is 46.2 Å². The van der Waals surface area contributed by atoms with Crippen LogP contribution in [0.3, 0.4) is 0 Å². The predicted molar refractivity (Wildman–Crippen MR) is 83.2 cm³/mol. The summed E-state index contributed by atoms with van der Waals surface area (Å²) in [5.74, 6) is -2.03. The van der Waals surface area contributed by atoms with Crippen LogP contribution in [0, 0.1) is 22.6 Å². The van der Waals surface area contributed by atoms with Crippen molar-refractivity contribution in [3.63, 3.8) is 0 Å². The van der Waals surface area contributed by atoms with Crippen molar-refractivity contribution in [3.8, 4) is 6.07 Å². The lowest BCUT2D eigenvalue weighted by Crippen LogP contribution is -2.56. The Morgan fingerprint density at radius 1 is 1.11 bits per heavy atom. The SMILES string of the molecule is CCC1=C(C)C(C(F)(F)F)(C(F)(F)F)C(C#N)=C(N)N1c1ccccc1F. The molecule has 0 aliphatic carbocycles. The molecule has 1 aromatic rings. The molecule has 3 nitrogen and oxygen atoms in total. The van der Waals surface area contributed by atoms with E-state index in [2.05, 4.69) is 0 Å². The maximum absolute atomic E-state index is 14.2. The highest BCUT2D eigenvalue weighted by Gasteiger charge is 2.76. The van der Waals surface area contributed by atoms with Crippen LogP contribution in [-0.4, -0.2) is 12.4 Å². The van der Waals surface area contributed by atoms with Crippen molar-refractivity contribution in [3.05, 3.63) is 52.7 Å². The summed E-state index contributed by atoms with van der Waals surface area (Å²) in [6.07, 6.45) is -12.1. The number of hydrogen-bond donors (Lipinski definition) is 1. The third kappa shape index (κ3) is 2.72. The van der Waals surface area contributed by atoms with Gasteiger partial charge in [0.2, 0.25) is 5.41 Å². The van der Waals surface area contributed by atoms with Crippen molar-refractivity contribution >= 4 is 5.69 Å². The van der Waals surface area contributed by atoms with Crippen LogP contribution in [-0.2, 0) is 0 Å². The fraction of sp³-hybridized carbons (Fsp3) is 0.353. The van der Waals surface area contributed by atoms with E-state index in [0.717, 1.165) is 23.1 Å². The van der Waals surface area contributed by atoms with Gasteiger partial charge in [-0.1, -0.05) is 19.1 Å². The molecule has 0 fully saturated rings. The highest BCUT2D eigenvalue weighted by atomic mass is 19.4. The van der Waals surface area contributed by atoms with Crippen molar-refractivity contribution in [2.75, 3.05) is 4.90 Å². The van der Waals surface area contributed by atoms with Gasteiger partial charge in [0.1, 0.15) is 17.7 Å². The van der Waals surface area contributed by atoms with Gasteiger partial charge in [0.25, 0.3) is 0 Å². The number of allylic oxidation sites excluding steroid dienone is 3. The maximum atomic E-state index is 14.2. The molecule has 0 bridgehead atoms. The molecule has 0 saturated carbocycles. The van der Waals surface area contributed by atoms with Crippen molar-refractivity contribution in [2.45, 2.75) is 32.6 Å². The maximum Gasteiger partial charge on any atom is 0.411 e. The first-order valence-electron chi connectivity index (χ1n) is 7.64. The van der Waals surface area contributed by atoms with Crippen LogP contribution >= 0.6 is 0 Å². The first-order chi connectivity index (χ1) is 12.4. The minimum Gasteiger partial charge on any atom is -0.384 e. The van der Waals surface area contributed by atoms with E-state index in [4.69, 9.17) is 5.73 Å². The summed E-state index contributed by atoms with van der Waals surface area (Å²) in [4.78, 5) is 0.735. The Kier molecular flexibility index (Phi) is 4.94. The van der Waals surface area contributed by atoms with Crippen LogP contribution in [0.25, 0.3) is 0 Å². The summed E-state index contributed by atoms with van der Waals surface area (Å²) in [6.45, 7) is 1.95. The number of nitrogens with two attached hydrogens (primary N) is 1. The molecular formula is C17H14F7N3. The molecule has 1 aromatic carbocycles. The summed E-state index contributed by atoms with van der Waals surface area (Å²) in [5, 5.41) is 9.20. The van der Waals surface area contributed by atoms with Crippen LogP contribution in [0.5, 0.6) is 0 Å². The molecule has 1 aliphatic rings. The normalized spacial score (nSPS) is 18.0. The van der Waals surface area contributed by atoms with Gasteiger partial charge in [0, 0.05) is 5.70 Å². The average molecular weight is 393 g/mol. The monoisotopic (exact) mass is 393 g/mol. The molecule has 0 saturated heterocycles. The first kappa shape index (κ1) is 20.6. The molecule has 0 atom stereocenters. The number of hydrogen-bond acceptors (Lipinski definition) is 3. The van der Waals surface area contributed by atoms with Gasteiger partial charge in [-0.3, -0.25) is 4.90 Å². The van der Waals surface area contributed by atoms with E-state index in [1.807, 2.05) is 0 Å². The average Bonchev–Trinajstić information content (AvgIpc) is 2.54. The zero-order valence-electron chi connectivity index (χ0n) is 14.1. The molecule has 10 heteroatoms. The second kappa shape index (κ2) is 6.48. The van der Waals surface area contributed by atoms with Crippen molar-refractivity contribution < 1.29 is 30.7 Å². The number of alkyl halides is 6. The van der Waals surface area contributed by atoms with Gasteiger partial charge in [0.05, 0.1) is 11.3 Å². The summed E-state index contributed by atoms with van der Waals surface area (Å²) in [6, 6.07) is 5.73. The zero-order valence-corrected chi connectivity index (χ0v) is 14.1. The van der Waals surface area contributed by atoms with E-state index in [1.54, 1.807) is 0 Å². The van der Waals surface area contributed by atoms with E-state index >= 15 is 0 Å². The molecule has 146 valence electrons. The molecule has 1 heterocycles. The summed E-state index contributed by atoms with van der Waals surface area (Å²) in [7, 11) is 0. The Balaban J connectivity index is 3.01. The first-order valence-corrected chi connectivity index (χ1v) is 7.64. The Morgan fingerprint density at radius 3 is 2.04 bits per heavy atom. The minimum absolute atomic E-state index is 0.312. The van der Waals surface area contributed by atoms with Crippen LogP contribution in [0.15, 0.2) is 46.9 Å². The van der Waals surface area contributed by atoms with Crippen LogP contribution < -0.4 is 10.6 Å². The van der Waals surface area contributed by atoms with Gasteiger partial charge in [-0.15, -0.1) is 0 Å². The number of nitriles is 1. The van der Waals surface area contributed by atoms with Gasteiger partial charge < -0.3 is 5.73 Å². The quantitative estimate of drug-likeness (QED) is 0.709. The lowest BCUT2D eigenvalue weighted by atomic mass is 9.69. The lowest BCUT2D eigenvalue weighted by molar-refractivity contribution is -0.310. The smallest absolute Gasteiger partial charge is 0.384 e. The van der Waals surface area contributed by atoms with Gasteiger partial charge >= 0.3 is 12.4 Å². The van der Waals surface area contributed by atoms with E-state index in [1.165, 1.54) is 19.1 Å². The minimum atomic E-state index is -5.88. The predicted octanol–water partition coefficient (Wildman–Crippen LogP) is 5.13. The number of nitrogens with zero attached hydrogens (tertiary/aromatic N) is 2. The zero-order chi connectivity index (χ0) is 20.8. The van der Waals surface area contributed by atoms with Crippen LogP contribution in [0.4, 0.5) is 36.4 Å². The van der Waals surface area contributed by atoms with Gasteiger partial charge in [-0.25, -0.2) is 4.39 Å². The third-order valence-electron chi connectivity index (χ3n) is 4.53. The highest BCUT2D eigenvalue weighted by molar-refractivity contribution is 5.66. The number of anilines is 1. The molecule has 0 amide bonds. The van der Waals surface area contributed by atoms with Gasteiger partial charge in [-0.05, 0) is 31.1 Å². The van der Waals surface area contributed by atoms with Crippen LogP contribution in [0.2, 0.25) is 0 Å². The van der Waals surface area contributed by atoms with Gasteiger partial charge in [0.15, 0.2) is 0 Å². The number of benzene rings is 1. The van der Waals surface area contributed by atoms with Crippen molar-refractivity contribution in [1.29, 1.82) is 5.26 Å². The highest BCUT2D eigenvalue weighted by Crippen LogP contribution is 2.62. The number of halogens is 7. The number of rotatable bonds is 2. The fourth-order valence-electron chi connectivity index (χ4n) is 3.36. The second-order valence-electron chi connectivity index (χ2n) is 5.83. The largest absolute Gasteiger partial charge is 0.411 e. The lowest BCUT2D eigenvalue weighted by Gasteiger charge is -2.45. The van der Waals surface area contributed by atoms with Crippen LogP contribution in [0.1, 0.15) is 20.3 Å². The molecule has 0 aromatic heterocycles. The molecule has 0 spiro atoms. The Hall–Kier alpha value is -2.70. The molecular weight excluding hydrogens is 379 g/mol. The molecule has 0 radical (unpaired) electrons. The summed E-state index contributed by atoms with van der Waals surface area (Å²) >= 11 is 0. The second-order valence-corrected chi connectivity index (χ2v) is 5.83. The van der Waals surface area contributed by atoms with Crippen molar-refractivity contribution in [1.82, 2.24) is 0 Å². The molecule has 2 N–H and O–H groups in total. The number of para-hydroxylation sites is 1. The van der Waals surface area contributed by atoms with Gasteiger partial charge in [-0.2, -0.15) is 31.6 Å². The van der Waals surface area contributed by atoms with Crippen molar-refractivity contribution in [2.24, 2.45) is 11.1 Å². The van der Waals surface area contributed by atoms with E-state index in [-0.39, 0.29) is 12.1 Å². The molecule has 27 heavy (non-hydrogen) atoms. The molecule has 1 aliphatic heterocycles. The topological polar surface area (TPSA) is 53.1 Å². The Bertz CT molecular complexity index is 843. The molecule has 2 rings (SSSR count).